The summed E-state index contributed by atoms with van der Waals surface area (Å²) in [6.07, 6.45) is 1.81. The number of aromatic nitrogens is 1. The highest BCUT2D eigenvalue weighted by Crippen LogP contribution is 2.29. The van der Waals surface area contributed by atoms with Gasteiger partial charge in [0, 0.05) is 17.8 Å². The van der Waals surface area contributed by atoms with Crippen molar-refractivity contribution >= 4 is 5.97 Å². The summed E-state index contributed by atoms with van der Waals surface area (Å²) in [6.45, 7) is 3.92. The van der Waals surface area contributed by atoms with Crippen LogP contribution in [0.5, 0.6) is 5.75 Å². The molecule has 0 radical (unpaired) electrons. The molecule has 4 heteroatoms. The monoisotopic (exact) mass is 259 g/mol. The molecule has 4 nitrogen and oxygen atoms in total. The zero-order valence-corrected chi connectivity index (χ0v) is 11.3. The maximum atomic E-state index is 11.5. The van der Waals surface area contributed by atoms with E-state index in [1.54, 1.807) is 11.7 Å². The molecule has 0 spiro atoms. The van der Waals surface area contributed by atoms with Gasteiger partial charge in [0.2, 0.25) is 0 Å². The van der Waals surface area contributed by atoms with Gasteiger partial charge in [-0.2, -0.15) is 0 Å². The van der Waals surface area contributed by atoms with E-state index in [2.05, 4.69) is 0 Å². The summed E-state index contributed by atoms with van der Waals surface area (Å²) in [7, 11) is 1.59. The lowest BCUT2D eigenvalue weighted by molar-refractivity contribution is 0.0684. The van der Waals surface area contributed by atoms with E-state index < -0.39 is 5.97 Å². The molecular weight excluding hydrogens is 242 g/mol. The molecule has 19 heavy (non-hydrogen) atoms. The van der Waals surface area contributed by atoms with Crippen molar-refractivity contribution in [2.45, 2.75) is 19.9 Å². The number of nitrogens with zero attached hydrogens (tertiary/aromatic N) is 1. The first-order valence-corrected chi connectivity index (χ1v) is 6.13. The van der Waals surface area contributed by atoms with Crippen LogP contribution in [-0.2, 0) is 0 Å². The van der Waals surface area contributed by atoms with Crippen molar-refractivity contribution in [2.24, 2.45) is 0 Å². The van der Waals surface area contributed by atoms with Crippen LogP contribution >= 0.6 is 0 Å². The molecule has 2 rings (SSSR count). The Balaban J connectivity index is 2.58. The fourth-order valence-electron chi connectivity index (χ4n) is 2.13. The number of benzene rings is 1. The van der Waals surface area contributed by atoms with E-state index in [0.29, 0.717) is 17.0 Å². The Bertz CT molecular complexity index is 599. The van der Waals surface area contributed by atoms with Gasteiger partial charge in [-0.3, -0.25) is 0 Å². The van der Waals surface area contributed by atoms with Crippen LogP contribution in [0.1, 0.15) is 30.4 Å². The molecule has 1 aromatic heterocycles. The highest BCUT2D eigenvalue weighted by Gasteiger charge is 2.19. The number of carboxylic acid groups (broad SMARTS) is 1. The Morgan fingerprint density at radius 3 is 2.63 bits per heavy atom. The number of methoxy groups -OCH3 is 1. The molecule has 0 aliphatic heterocycles. The third-order valence-corrected chi connectivity index (χ3v) is 3.05. The number of rotatable bonds is 4. The van der Waals surface area contributed by atoms with Crippen molar-refractivity contribution in [2.75, 3.05) is 7.11 Å². The summed E-state index contributed by atoms with van der Waals surface area (Å²) in [4.78, 5) is 11.5. The fraction of sp³-hybridized carbons (Fsp3) is 0.267. The normalized spacial score (nSPS) is 10.7. The molecule has 2 aromatic rings. The Kier molecular flexibility index (Phi) is 3.60. The van der Waals surface area contributed by atoms with Crippen molar-refractivity contribution in [3.05, 3.63) is 42.2 Å². The van der Waals surface area contributed by atoms with Crippen molar-refractivity contribution in [1.82, 2.24) is 4.57 Å². The van der Waals surface area contributed by atoms with Gasteiger partial charge in [-0.05, 0) is 37.6 Å². The molecule has 1 N–H and O–H groups in total. The minimum Gasteiger partial charge on any atom is -0.497 e. The SMILES string of the molecule is COc1cccc(-c2ccn(C(C)C)c2C(=O)O)c1. The first-order valence-electron chi connectivity index (χ1n) is 6.13. The van der Waals surface area contributed by atoms with Gasteiger partial charge in [0.25, 0.3) is 0 Å². The van der Waals surface area contributed by atoms with Crippen LogP contribution < -0.4 is 4.74 Å². The standard InChI is InChI=1S/C15H17NO3/c1-10(2)16-8-7-13(14(16)15(17)18)11-5-4-6-12(9-11)19-3/h4-10H,1-3H3,(H,17,18). The summed E-state index contributed by atoms with van der Waals surface area (Å²) < 4.78 is 6.94. The summed E-state index contributed by atoms with van der Waals surface area (Å²) in [5, 5.41) is 9.42. The van der Waals surface area contributed by atoms with Crippen molar-refractivity contribution < 1.29 is 14.6 Å². The third kappa shape index (κ3) is 2.47. The van der Waals surface area contributed by atoms with Crippen molar-refractivity contribution in [3.63, 3.8) is 0 Å². The molecular formula is C15H17NO3. The number of hydrogen-bond donors (Lipinski definition) is 1. The third-order valence-electron chi connectivity index (χ3n) is 3.05. The molecule has 100 valence electrons. The molecule has 0 atom stereocenters. The number of ether oxygens (including phenoxy) is 1. The molecule has 0 amide bonds. The first kappa shape index (κ1) is 13.2. The maximum Gasteiger partial charge on any atom is 0.353 e. The number of carbonyl (C=O) groups is 1. The Morgan fingerprint density at radius 1 is 1.32 bits per heavy atom. The number of aromatic carboxylic acids is 1. The highest BCUT2D eigenvalue weighted by molar-refractivity contribution is 5.94. The van der Waals surface area contributed by atoms with Gasteiger partial charge in [-0.1, -0.05) is 12.1 Å². The molecule has 1 aromatic carbocycles. The van der Waals surface area contributed by atoms with E-state index in [1.807, 2.05) is 50.4 Å². The van der Waals surface area contributed by atoms with Gasteiger partial charge >= 0.3 is 5.97 Å². The minimum absolute atomic E-state index is 0.102. The van der Waals surface area contributed by atoms with Crippen LogP contribution in [-0.4, -0.2) is 22.8 Å². The molecule has 0 saturated carbocycles. The summed E-state index contributed by atoms with van der Waals surface area (Å²) in [6, 6.07) is 9.35. The first-order chi connectivity index (χ1) is 9.04. The van der Waals surface area contributed by atoms with Gasteiger partial charge in [-0.25, -0.2) is 4.79 Å². The number of carboxylic acids is 1. The van der Waals surface area contributed by atoms with Gasteiger partial charge in [-0.15, -0.1) is 0 Å². The lowest BCUT2D eigenvalue weighted by atomic mass is 10.1. The quantitative estimate of drug-likeness (QED) is 0.915. The van der Waals surface area contributed by atoms with Crippen LogP contribution in [0.25, 0.3) is 11.1 Å². The van der Waals surface area contributed by atoms with E-state index >= 15 is 0 Å². The van der Waals surface area contributed by atoms with E-state index in [9.17, 15) is 9.90 Å². The van der Waals surface area contributed by atoms with Crippen molar-refractivity contribution in [1.29, 1.82) is 0 Å². The predicted molar refractivity (Wildman–Crippen MR) is 73.8 cm³/mol. The van der Waals surface area contributed by atoms with Gasteiger partial charge in [0.05, 0.1) is 7.11 Å². The molecule has 0 bridgehead atoms. The minimum atomic E-state index is -0.920. The Morgan fingerprint density at radius 2 is 2.05 bits per heavy atom. The maximum absolute atomic E-state index is 11.5. The Hall–Kier alpha value is -2.23. The van der Waals surface area contributed by atoms with E-state index in [-0.39, 0.29) is 6.04 Å². The molecule has 1 heterocycles. The van der Waals surface area contributed by atoms with Crippen LogP contribution in [0.2, 0.25) is 0 Å². The second kappa shape index (κ2) is 5.18. The topological polar surface area (TPSA) is 51.5 Å². The van der Waals surface area contributed by atoms with E-state index in [0.717, 1.165) is 5.56 Å². The number of hydrogen-bond acceptors (Lipinski definition) is 2. The second-order valence-corrected chi connectivity index (χ2v) is 4.62. The molecule has 0 unspecified atom stereocenters. The zero-order chi connectivity index (χ0) is 14.0. The van der Waals surface area contributed by atoms with Crippen LogP contribution in [0.4, 0.5) is 0 Å². The van der Waals surface area contributed by atoms with Crippen molar-refractivity contribution in [3.8, 4) is 16.9 Å². The zero-order valence-electron chi connectivity index (χ0n) is 11.3. The van der Waals surface area contributed by atoms with Gasteiger partial charge in [0.15, 0.2) is 0 Å². The molecule has 0 aliphatic carbocycles. The average Bonchev–Trinajstić information content (AvgIpc) is 2.83. The molecule has 0 aliphatic rings. The van der Waals surface area contributed by atoms with E-state index in [1.165, 1.54) is 0 Å². The fourth-order valence-corrected chi connectivity index (χ4v) is 2.13. The average molecular weight is 259 g/mol. The predicted octanol–water partition coefficient (Wildman–Crippen LogP) is 3.44. The summed E-state index contributed by atoms with van der Waals surface area (Å²) >= 11 is 0. The van der Waals surface area contributed by atoms with Crippen LogP contribution in [0.3, 0.4) is 0 Å². The van der Waals surface area contributed by atoms with E-state index in [4.69, 9.17) is 4.74 Å². The highest BCUT2D eigenvalue weighted by atomic mass is 16.5. The lowest BCUT2D eigenvalue weighted by Crippen LogP contribution is -2.10. The molecule has 0 fully saturated rings. The van der Waals surface area contributed by atoms with Gasteiger partial charge in [0.1, 0.15) is 11.4 Å². The molecule has 0 saturated heterocycles. The lowest BCUT2D eigenvalue weighted by Gasteiger charge is -2.11. The Labute approximate surface area is 112 Å². The summed E-state index contributed by atoms with van der Waals surface area (Å²) in [5.41, 5.74) is 1.86. The smallest absolute Gasteiger partial charge is 0.353 e. The van der Waals surface area contributed by atoms with Gasteiger partial charge < -0.3 is 14.4 Å². The largest absolute Gasteiger partial charge is 0.497 e. The van der Waals surface area contributed by atoms with Crippen LogP contribution in [0, 0.1) is 0 Å². The second-order valence-electron chi connectivity index (χ2n) is 4.62. The van der Waals surface area contributed by atoms with Crippen LogP contribution in [0.15, 0.2) is 36.5 Å². The summed E-state index contributed by atoms with van der Waals surface area (Å²) in [5.74, 6) is -0.206.